The van der Waals surface area contributed by atoms with Gasteiger partial charge in [-0.25, -0.2) is 0 Å². The lowest BCUT2D eigenvalue weighted by molar-refractivity contribution is 0.513. The lowest BCUT2D eigenvalue weighted by atomic mass is 10.7. The van der Waals surface area contributed by atoms with E-state index in [1.807, 2.05) is 0 Å². The zero-order valence-electron chi connectivity index (χ0n) is 6.39. The van der Waals surface area contributed by atoms with E-state index in [0.717, 1.165) is 19.3 Å². The Morgan fingerprint density at radius 3 is 1.78 bits per heavy atom. The van der Waals surface area contributed by atoms with Crippen LogP contribution in [0.3, 0.4) is 0 Å². The summed E-state index contributed by atoms with van der Waals surface area (Å²) in [5.41, 5.74) is 0. The molecule has 0 fully saturated rings. The van der Waals surface area contributed by atoms with Crippen molar-refractivity contribution in [1.82, 2.24) is 4.67 Å². The molecule has 0 aromatic carbocycles. The summed E-state index contributed by atoms with van der Waals surface area (Å²) in [6.45, 7) is 8.60. The summed E-state index contributed by atoms with van der Waals surface area (Å²) in [6, 6.07) is 0. The molecule has 0 heterocycles. The summed E-state index contributed by atoms with van der Waals surface area (Å²) in [4.78, 5) is 0. The molecule has 1 unspecified atom stereocenters. The highest BCUT2D eigenvalue weighted by atomic mass is 35.7. The Hall–Kier alpha value is 0.680. The molecule has 9 heavy (non-hydrogen) atoms. The summed E-state index contributed by atoms with van der Waals surface area (Å²) < 4.78 is 2.30. The van der Waals surface area contributed by atoms with Crippen LogP contribution in [0.4, 0.5) is 0 Å². The summed E-state index contributed by atoms with van der Waals surface area (Å²) in [5.74, 6) is 0. The van der Waals surface area contributed by atoms with Crippen LogP contribution in [0.25, 0.3) is 0 Å². The summed E-state index contributed by atoms with van der Waals surface area (Å²) in [5, 5.41) is 0. The smallest absolute Gasteiger partial charge is 0.0622 e. The Bertz CT molecular complexity index is 66.1. The molecule has 0 aliphatic carbocycles. The maximum absolute atomic E-state index is 6.02. The predicted molar refractivity (Wildman–Crippen MR) is 46.2 cm³/mol. The van der Waals surface area contributed by atoms with Gasteiger partial charge in [-0.15, -0.1) is 0 Å². The Morgan fingerprint density at radius 1 is 1.22 bits per heavy atom. The first-order chi connectivity index (χ1) is 4.26. The molecule has 1 atom stereocenters. The van der Waals surface area contributed by atoms with Crippen LogP contribution in [0, 0.1) is 0 Å². The van der Waals surface area contributed by atoms with Gasteiger partial charge in [0.15, 0.2) is 0 Å². The third-order valence-corrected chi connectivity index (χ3v) is 4.36. The van der Waals surface area contributed by atoms with Crippen molar-refractivity contribution in [2.45, 2.75) is 20.8 Å². The average Bonchev–Trinajstić information content (AvgIpc) is 1.90. The van der Waals surface area contributed by atoms with Gasteiger partial charge >= 0.3 is 0 Å². The zero-order valence-corrected chi connectivity index (χ0v) is 8.04. The fraction of sp³-hybridized carbons (Fsp3) is 1.00. The Morgan fingerprint density at radius 2 is 1.67 bits per heavy atom. The van der Waals surface area contributed by atoms with Gasteiger partial charge in [0.1, 0.15) is 0 Å². The first kappa shape index (κ1) is 9.68. The fourth-order valence-electron chi connectivity index (χ4n) is 0.731. The largest absolute Gasteiger partial charge is 0.270 e. The van der Waals surface area contributed by atoms with E-state index in [0.29, 0.717) is 0 Å². The lowest BCUT2D eigenvalue weighted by Crippen LogP contribution is -2.15. The predicted octanol–water partition coefficient (Wildman–Crippen LogP) is 2.90. The Labute approximate surface area is 64.0 Å². The van der Waals surface area contributed by atoms with Crippen LogP contribution in [0.2, 0.25) is 0 Å². The molecule has 56 valence electrons. The molecule has 0 bridgehead atoms. The highest BCUT2D eigenvalue weighted by molar-refractivity contribution is 7.82. The van der Waals surface area contributed by atoms with Gasteiger partial charge in [-0.05, 0) is 6.16 Å². The number of nitrogens with zero attached hydrogens (tertiary/aromatic N) is 1. The SMILES string of the molecule is CCN(CC)P(Cl)CC. The highest BCUT2D eigenvalue weighted by Gasteiger charge is 2.07. The van der Waals surface area contributed by atoms with Gasteiger partial charge in [0.25, 0.3) is 0 Å². The molecule has 0 aromatic heterocycles. The Kier molecular flexibility index (Phi) is 5.88. The van der Waals surface area contributed by atoms with Crippen LogP contribution < -0.4 is 0 Å². The molecule has 0 aliphatic rings. The van der Waals surface area contributed by atoms with Gasteiger partial charge in [-0.3, -0.25) is 4.67 Å². The van der Waals surface area contributed by atoms with Gasteiger partial charge < -0.3 is 0 Å². The number of halogens is 1. The van der Waals surface area contributed by atoms with Crippen LogP contribution >= 0.6 is 18.7 Å². The minimum atomic E-state index is -0.336. The van der Waals surface area contributed by atoms with Crippen molar-refractivity contribution in [1.29, 1.82) is 0 Å². The van der Waals surface area contributed by atoms with Crippen molar-refractivity contribution in [2.24, 2.45) is 0 Å². The molecule has 3 heteroatoms. The van der Waals surface area contributed by atoms with Gasteiger partial charge in [-0.2, -0.15) is 0 Å². The zero-order chi connectivity index (χ0) is 7.28. The maximum atomic E-state index is 6.02. The van der Waals surface area contributed by atoms with E-state index in [-0.39, 0.29) is 7.43 Å². The molecule has 1 nitrogen and oxygen atoms in total. The molecule has 0 saturated heterocycles. The van der Waals surface area contributed by atoms with Crippen LogP contribution in [-0.4, -0.2) is 23.9 Å². The van der Waals surface area contributed by atoms with Crippen molar-refractivity contribution >= 4 is 18.7 Å². The number of hydrogen-bond donors (Lipinski definition) is 0. The maximum Gasteiger partial charge on any atom is 0.0622 e. The monoisotopic (exact) mass is 167 g/mol. The van der Waals surface area contributed by atoms with Gasteiger partial charge in [0.2, 0.25) is 0 Å². The van der Waals surface area contributed by atoms with E-state index < -0.39 is 0 Å². The minimum Gasteiger partial charge on any atom is -0.270 e. The van der Waals surface area contributed by atoms with Gasteiger partial charge in [-0.1, -0.05) is 32.0 Å². The molecular formula is C6H15ClNP. The molecular weight excluding hydrogens is 152 g/mol. The second-order valence-electron chi connectivity index (χ2n) is 1.79. The van der Waals surface area contributed by atoms with Crippen LogP contribution in [0.5, 0.6) is 0 Å². The molecule has 0 radical (unpaired) electrons. The van der Waals surface area contributed by atoms with Gasteiger partial charge in [0, 0.05) is 13.1 Å². The van der Waals surface area contributed by atoms with Crippen LogP contribution in [-0.2, 0) is 0 Å². The summed E-state index contributed by atoms with van der Waals surface area (Å²) >= 11 is 6.02. The second-order valence-corrected chi connectivity index (χ2v) is 4.83. The van der Waals surface area contributed by atoms with Crippen molar-refractivity contribution < 1.29 is 0 Å². The Balaban J connectivity index is 3.50. The normalized spacial score (nSPS) is 14.3. The van der Waals surface area contributed by atoms with Crippen LogP contribution in [0.1, 0.15) is 20.8 Å². The minimum absolute atomic E-state index is 0.336. The molecule has 0 N–H and O–H groups in total. The van der Waals surface area contributed by atoms with Crippen molar-refractivity contribution in [3.8, 4) is 0 Å². The van der Waals surface area contributed by atoms with E-state index >= 15 is 0 Å². The first-order valence-corrected chi connectivity index (χ1v) is 5.82. The second kappa shape index (κ2) is 5.46. The molecule has 0 rings (SSSR count). The molecule has 0 spiro atoms. The average molecular weight is 168 g/mol. The summed E-state index contributed by atoms with van der Waals surface area (Å²) in [6.07, 6.45) is 1.10. The topological polar surface area (TPSA) is 3.24 Å². The van der Waals surface area contributed by atoms with E-state index in [1.54, 1.807) is 0 Å². The van der Waals surface area contributed by atoms with Crippen LogP contribution in [0.15, 0.2) is 0 Å². The van der Waals surface area contributed by atoms with Crippen molar-refractivity contribution in [3.05, 3.63) is 0 Å². The standard InChI is InChI=1S/C6H15ClNP/c1-4-8(5-2)9(7)6-3/h4-6H2,1-3H3. The third-order valence-electron chi connectivity index (χ3n) is 1.30. The molecule has 0 aliphatic heterocycles. The highest BCUT2D eigenvalue weighted by Crippen LogP contribution is 2.44. The molecule has 0 saturated carbocycles. The van der Waals surface area contributed by atoms with E-state index in [2.05, 4.69) is 25.4 Å². The van der Waals surface area contributed by atoms with Gasteiger partial charge in [0.05, 0.1) is 7.43 Å². The van der Waals surface area contributed by atoms with E-state index in [1.165, 1.54) is 0 Å². The lowest BCUT2D eigenvalue weighted by Gasteiger charge is -2.22. The third kappa shape index (κ3) is 3.40. The van der Waals surface area contributed by atoms with E-state index in [9.17, 15) is 0 Å². The van der Waals surface area contributed by atoms with Crippen molar-refractivity contribution in [2.75, 3.05) is 19.3 Å². The molecule has 0 amide bonds. The first-order valence-electron chi connectivity index (χ1n) is 3.44. The number of rotatable bonds is 4. The summed E-state index contributed by atoms with van der Waals surface area (Å²) in [7, 11) is -0.336. The molecule has 0 aromatic rings. The van der Waals surface area contributed by atoms with E-state index in [4.69, 9.17) is 11.2 Å². The quantitative estimate of drug-likeness (QED) is 0.582. The fourth-order valence-corrected chi connectivity index (χ4v) is 2.39. The van der Waals surface area contributed by atoms with Crippen molar-refractivity contribution in [3.63, 3.8) is 0 Å². The number of hydrogen-bond acceptors (Lipinski definition) is 1.